The SMILES string of the molecule is C[C@@H]1CNCCN1C(=O)c1ccc(-c2noc(-c3ccc(F)cc3)n2)cc1. The summed E-state index contributed by atoms with van der Waals surface area (Å²) in [5.41, 5.74) is 2.03. The third-order valence-electron chi connectivity index (χ3n) is 4.67. The van der Waals surface area contributed by atoms with Crippen LogP contribution in [0.25, 0.3) is 22.8 Å². The lowest BCUT2D eigenvalue weighted by Crippen LogP contribution is -2.52. The lowest BCUT2D eigenvalue weighted by Gasteiger charge is -2.34. The van der Waals surface area contributed by atoms with E-state index < -0.39 is 0 Å². The molecule has 1 fully saturated rings. The first-order valence-corrected chi connectivity index (χ1v) is 8.83. The number of benzene rings is 2. The third kappa shape index (κ3) is 3.59. The summed E-state index contributed by atoms with van der Waals surface area (Å²) in [4.78, 5) is 18.9. The van der Waals surface area contributed by atoms with Crippen LogP contribution in [-0.4, -0.2) is 46.6 Å². The fraction of sp³-hybridized carbons (Fsp3) is 0.250. The Labute approximate surface area is 156 Å². The molecular formula is C20H19FN4O2. The normalized spacial score (nSPS) is 17.1. The lowest BCUT2D eigenvalue weighted by atomic mass is 10.1. The van der Waals surface area contributed by atoms with Crippen LogP contribution in [0, 0.1) is 5.82 Å². The number of hydrogen-bond donors (Lipinski definition) is 1. The average molecular weight is 366 g/mol. The van der Waals surface area contributed by atoms with E-state index in [1.165, 1.54) is 12.1 Å². The van der Waals surface area contributed by atoms with E-state index >= 15 is 0 Å². The molecule has 2 aromatic carbocycles. The van der Waals surface area contributed by atoms with E-state index in [0.717, 1.165) is 18.7 Å². The molecule has 7 heteroatoms. The van der Waals surface area contributed by atoms with Gasteiger partial charge in [0.1, 0.15) is 5.82 Å². The van der Waals surface area contributed by atoms with Gasteiger partial charge in [-0.1, -0.05) is 17.3 Å². The quantitative estimate of drug-likeness (QED) is 0.772. The summed E-state index contributed by atoms with van der Waals surface area (Å²) in [6.07, 6.45) is 0. The average Bonchev–Trinajstić information content (AvgIpc) is 3.19. The van der Waals surface area contributed by atoms with Crippen molar-refractivity contribution < 1.29 is 13.7 Å². The van der Waals surface area contributed by atoms with Gasteiger partial charge in [0.15, 0.2) is 0 Å². The number of amides is 1. The molecule has 0 bridgehead atoms. The standard InChI is InChI=1S/C20H19FN4O2/c1-13-12-22-10-11-25(13)20(26)16-4-2-14(3-5-16)18-23-19(27-24-18)15-6-8-17(21)9-7-15/h2-9,13,22H,10-12H2,1H3/t13-/m1/s1. The van der Waals surface area contributed by atoms with Gasteiger partial charge in [0.05, 0.1) is 0 Å². The molecule has 0 aliphatic carbocycles. The minimum Gasteiger partial charge on any atom is -0.334 e. The summed E-state index contributed by atoms with van der Waals surface area (Å²) >= 11 is 0. The van der Waals surface area contributed by atoms with E-state index in [2.05, 4.69) is 15.5 Å². The summed E-state index contributed by atoms with van der Waals surface area (Å²) in [5.74, 6) is 0.442. The maximum atomic E-state index is 13.0. The van der Waals surface area contributed by atoms with Gasteiger partial charge < -0.3 is 14.7 Å². The Bertz CT molecular complexity index is 937. The molecule has 1 N–H and O–H groups in total. The molecular weight excluding hydrogens is 347 g/mol. The molecule has 6 nitrogen and oxygen atoms in total. The maximum absolute atomic E-state index is 13.0. The highest BCUT2D eigenvalue weighted by Gasteiger charge is 2.24. The van der Waals surface area contributed by atoms with Crippen molar-refractivity contribution in [2.24, 2.45) is 0 Å². The van der Waals surface area contributed by atoms with Gasteiger partial charge in [-0.05, 0) is 43.3 Å². The van der Waals surface area contributed by atoms with Crippen molar-refractivity contribution in [3.05, 3.63) is 59.9 Å². The van der Waals surface area contributed by atoms with Crippen molar-refractivity contribution in [2.75, 3.05) is 19.6 Å². The number of piperazine rings is 1. The second kappa shape index (κ2) is 7.28. The monoisotopic (exact) mass is 366 g/mol. The number of nitrogens with zero attached hydrogens (tertiary/aromatic N) is 3. The first-order valence-electron chi connectivity index (χ1n) is 8.83. The summed E-state index contributed by atoms with van der Waals surface area (Å²) in [5, 5.41) is 7.26. The molecule has 1 saturated heterocycles. The molecule has 1 atom stereocenters. The van der Waals surface area contributed by atoms with Crippen LogP contribution in [0.15, 0.2) is 53.1 Å². The van der Waals surface area contributed by atoms with Crippen molar-refractivity contribution >= 4 is 5.91 Å². The van der Waals surface area contributed by atoms with Crippen LogP contribution in [0.4, 0.5) is 4.39 Å². The van der Waals surface area contributed by atoms with Crippen molar-refractivity contribution in [3.63, 3.8) is 0 Å². The first-order chi connectivity index (χ1) is 13.1. The van der Waals surface area contributed by atoms with Gasteiger partial charge in [-0.2, -0.15) is 4.98 Å². The van der Waals surface area contributed by atoms with Gasteiger partial charge in [0, 0.05) is 42.4 Å². The van der Waals surface area contributed by atoms with Crippen molar-refractivity contribution in [1.29, 1.82) is 0 Å². The second-order valence-electron chi connectivity index (χ2n) is 6.56. The molecule has 0 radical (unpaired) electrons. The Morgan fingerprint density at radius 2 is 1.85 bits per heavy atom. The number of halogens is 1. The highest BCUT2D eigenvalue weighted by molar-refractivity contribution is 5.95. The summed E-state index contributed by atoms with van der Waals surface area (Å²) in [7, 11) is 0. The smallest absolute Gasteiger partial charge is 0.258 e. The Kier molecular flexibility index (Phi) is 4.68. The number of nitrogens with one attached hydrogen (secondary N) is 1. The van der Waals surface area contributed by atoms with Crippen LogP contribution in [0.3, 0.4) is 0 Å². The molecule has 1 aromatic heterocycles. The number of carbonyl (C=O) groups excluding carboxylic acids is 1. The van der Waals surface area contributed by atoms with E-state index in [9.17, 15) is 9.18 Å². The Morgan fingerprint density at radius 1 is 1.15 bits per heavy atom. The maximum Gasteiger partial charge on any atom is 0.258 e. The third-order valence-corrected chi connectivity index (χ3v) is 4.67. The summed E-state index contributed by atoms with van der Waals surface area (Å²) in [6.45, 7) is 4.35. The highest BCUT2D eigenvalue weighted by Crippen LogP contribution is 2.23. The van der Waals surface area contributed by atoms with Gasteiger partial charge in [-0.15, -0.1) is 0 Å². The van der Waals surface area contributed by atoms with Gasteiger partial charge in [-0.25, -0.2) is 4.39 Å². The zero-order chi connectivity index (χ0) is 18.8. The van der Waals surface area contributed by atoms with E-state index in [4.69, 9.17) is 4.52 Å². The summed E-state index contributed by atoms with van der Waals surface area (Å²) < 4.78 is 18.3. The van der Waals surface area contributed by atoms with E-state index in [-0.39, 0.29) is 17.8 Å². The van der Waals surface area contributed by atoms with Crippen LogP contribution < -0.4 is 5.32 Å². The van der Waals surface area contributed by atoms with Crippen LogP contribution >= 0.6 is 0 Å². The zero-order valence-electron chi connectivity index (χ0n) is 14.9. The van der Waals surface area contributed by atoms with Crippen molar-refractivity contribution in [2.45, 2.75) is 13.0 Å². The zero-order valence-corrected chi connectivity index (χ0v) is 14.9. The van der Waals surface area contributed by atoms with Gasteiger partial charge >= 0.3 is 0 Å². The van der Waals surface area contributed by atoms with Crippen molar-refractivity contribution in [3.8, 4) is 22.8 Å². The minimum atomic E-state index is -0.322. The van der Waals surface area contributed by atoms with E-state index in [0.29, 0.717) is 29.4 Å². The fourth-order valence-corrected chi connectivity index (χ4v) is 3.12. The molecule has 27 heavy (non-hydrogen) atoms. The van der Waals surface area contributed by atoms with Gasteiger partial charge in [0.2, 0.25) is 5.82 Å². The number of aromatic nitrogens is 2. The molecule has 3 aromatic rings. The Balaban J connectivity index is 1.52. The molecule has 0 unspecified atom stereocenters. The molecule has 0 spiro atoms. The molecule has 0 saturated carbocycles. The predicted molar refractivity (Wildman–Crippen MR) is 98.5 cm³/mol. The number of carbonyl (C=O) groups is 1. The predicted octanol–water partition coefficient (Wildman–Crippen LogP) is 2.98. The van der Waals surface area contributed by atoms with Crippen molar-refractivity contribution in [1.82, 2.24) is 20.4 Å². The molecule has 2 heterocycles. The number of rotatable bonds is 3. The van der Waals surface area contributed by atoms with E-state index in [1.807, 2.05) is 11.8 Å². The minimum absolute atomic E-state index is 0.0238. The van der Waals surface area contributed by atoms with Crippen LogP contribution in [0.1, 0.15) is 17.3 Å². The lowest BCUT2D eigenvalue weighted by molar-refractivity contribution is 0.0656. The molecule has 1 aliphatic rings. The first kappa shape index (κ1) is 17.4. The number of hydrogen-bond acceptors (Lipinski definition) is 5. The molecule has 4 rings (SSSR count). The highest BCUT2D eigenvalue weighted by atomic mass is 19.1. The summed E-state index contributed by atoms with van der Waals surface area (Å²) in [6, 6.07) is 13.2. The van der Waals surface area contributed by atoms with E-state index in [1.54, 1.807) is 36.4 Å². The molecule has 1 aliphatic heterocycles. The van der Waals surface area contributed by atoms with Gasteiger partial charge in [-0.3, -0.25) is 4.79 Å². The molecule has 138 valence electrons. The van der Waals surface area contributed by atoms with Crippen LogP contribution in [0.5, 0.6) is 0 Å². The van der Waals surface area contributed by atoms with Crippen LogP contribution in [0.2, 0.25) is 0 Å². The fourth-order valence-electron chi connectivity index (χ4n) is 3.12. The topological polar surface area (TPSA) is 71.3 Å². The Morgan fingerprint density at radius 3 is 2.56 bits per heavy atom. The van der Waals surface area contributed by atoms with Crippen LogP contribution in [-0.2, 0) is 0 Å². The molecule has 1 amide bonds. The largest absolute Gasteiger partial charge is 0.334 e. The second-order valence-corrected chi connectivity index (χ2v) is 6.56. The Hall–Kier alpha value is -3.06. The van der Waals surface area contributed by atoms with Gasteiger partial charge in [0.25, 0.3) is 11.8 Å².